The zero-order valence-corrected chi connectivity index (χ0v) is 16.1. The molecule has 8 heteroatoms. The van der Waals surface area contributed by atoms with E-state index in [0.29, 0.717) is 16.9 Å². The van der Waals surface area contributed by atoms with Crippen molar-refractivity contribution in [2.75, 3.05) is 11.9 Å². The fourth-order valence-electron chi connectivity index (χ4n) is 3.25. The van der Waals surface area contributed by atoms with Gasteiger partial charge in [-0.2, -0.15) is 0 Å². The lowest BCUT2D eigenvalue weighted by Crippen LogP contribution is -2.36. The molecule has 0 bridgehead atoms. The maximum Gasteiger partial charge on any atom is 0.262 e. The highest BCUT2D eigenvalue weighted by atomic mass is 32.1. The van der Waals surface area contributed by atoms with Crippen molar-refractivity contribution in [2.45, 2.75) is 0 Å². The lowest BCUT2D eigenvalue weighted by Gasteiger charge is -2.26. The van der Waals surface area contributed by atoms with Crippen LogP contribution in [0.4, 0.5) is 5.69 Å². The predicted molar refractivity (Wildman–Crippen MR) is 111 cm³/mol. The molecule has 0 fully saturated rings. The smallest absolute Gasteiger partial charge is 0.262 e. The Kier molecular flexibility index (Phi) is 4.48. The predicted octanol–water partition coefficient (Wildman–Crippen LogP) is 2.84. The number of carbonyl (C=O) groups is 2. The van der Waals surface area contributed by atoms with E-state index in [1.165, 1.54) is 9.47 Å². The summed E-state index contributed by atoms with van der Waals surface area (Å²) in [6, 6.07) is 15.4. The topological polar surface area (TPSA) is 95.4 Å². The average molecular weight is 405 g/mol. The molecule has 144 valence electrons. The summed E-state index contributed by atoms with van der Waals surface area (Å²) in [5, 5.41) is 10.8. The fourth-order valence-corrected chi connectivity index (χ4v) is 3.53. The third-order valence-corrected chi connectivity index (χ3v) is 5.00. The van der Waals surface area contributed by atoms with Crippen LogP contribution in [0.3, 0.4) is 0 Å². The Balaban J connectivity index is 1.94. The molecule has 0 aliphatic carbocycles. The summed E-state index contributed by atoms with van der Waals surface area (Å²) in [5.74, 6) is -1.54. The number of rotatable bonds is 2. The molecular formula is C21H15N3O4S. The van der Waals surface area contributed by atoms with Crippen molar-refractivity contribution in [3.63, 3.8) is 0 Å². The fraction of sp³-hybridized carbons (Fsp3) is 0.0476. The second-order valence-electron chi connectivity index (χ2n) is 6.44. The molecule has 0 saturated carbocycles. The zero-order chi connectivity index (χ0) is 20.7. The van der Waals surface area contributed by atoms with Gasteiger partial charge in [-0.25, -0.2) is 0 Å². The summed E-state index contributed by atoms with van der Waals surface area (Å²) in [6.45, 7) is 0. The molecular weight excluding hydrogens is 390 g/mol. The summed E-state index contributed by atoms with van der Waals surface area (Å²) >= 11 is 5.17. The number of aromatic nitrogens is 2. The lowest BCUT2D eigenvalue weighted by atomic mass is 9.94. The van der Waals surface area contributed by atoms with E-state index in [1.54, 1.807) is 61.6 Å². The molecule has 0 spiro atoms. The number of likely N-dealkylation sites (N-methyl/N-ethyl adjacent to an activating group) is 1. The van der Waals surface area contributed by atoms with E-state index in [1.807, 2.05) is 0 Å². The molecule has 1 aliphatic rings. The van der Waals surface area contributed by atoms with E-state index in [-0.39, 0.29) is 15.9 Å². The third-order valence-electron chi connectivity index (χ3n) is 4.71. The highest BCUT2D eigenvalue weighted by Gasteiger charge is 2.33. The molecule has 1 aromatic heterocycles. The van der Waals surface area contributed by atoms with Crippen LogP contribution < -0.4 is 10.5 Å². The van der Waals surface area contributed by atoms with Crippen LogP contribution in [0.15, 0.2) is 65.0 Å². The summed E-state index contributed by atoms with van der Waals surface area (Å²) in [7, 11) is 1.54. The van der Waals surface area contributed by atoms with Crippen LogP contribution in [-0.2, 0) is 4.79 Å². The molecule has 29 heavy (non-hydrogen) atoms. The van der Waals surface area contributed by atoms with Gasteiger partial charge in [0.15, 0.2) is 4.77 Å². The van der Waals surface area contributed by atoms with Crippen molar-refractivity contribution in [2.24, 2.45) is 0 Å². The number of ketones is 1. The zero-order valence-electron chi connectivity index (χ0n) is 15.2. The number of nitrogens with one attached hydrogen (secondary N) is 1. The molecule has 0 saturated heterocycles. The Hall–Kier alpha value is -3.78. The van der Waals surface area contributed by atoms with E-state index >= 15 is 0 Å². The number of hydrogen-bond acceptors (Lipinski definition) is 5. The van der Waals surface area contributed by atoms with Gasteiger partial charge in [0, 0.05) is 12.6 Å². The molecule has 0 radical (unpaired) electrons. The minimum absolute atomic E-state index is 0.00962. The normalized spacial score (nSPS) is 14.9. The monoisotopic (exact) mass is 405 g/mol. The van der Waals surface area contributed by atoms with Crippen molar-refractivity contribution >= 4 is 35.7 Å². The van der Waals surface area contributed by atoms with Gasteiger partial charge in [-0.15, -0.1) is 0 Å². The average Bonchev–Trinajstić information content (AvgIpc) is 2.72. The summed E-state index contributed by atoms with van der Waals surface area (Å²) in [4.78, 5) is 41.9. The van der Waals surface area contributed by atoms with Gasteiger partial charge in [0.1, 0.15) is 5.56 Å². The largest absolute Gasteiger partial charge is 0.494 e. The molecule has 2 N–H and O–H groups in total. The van der Waals surface area contributed by atoms with Gasteiger partial charge in [0.2, 0.25) is 11.7 Å². The molecule has 1 amide bonds. The van der Waals surface area contributed by atoms with Crippen LogP contribution in [0.2, 0.25) is 0 Å². The maximum absolute atomic E-state index is 12.9. The summed E-state index contributed by atoms with van der Waals surface area (Å²) < 4.78 is 1.25. The molecule has 2 heterocycles. The summed E-state index contributed by atoms with van der Waals surface area (Å²) in [6.07, 6.45) is 1.11. The Bertz CT molecular complexity index is 1310. The molecule has 3 aromatic rings. The van der Waals surface area contributed by atoms with Gasteiger partial charge in [0.05, 0.1) is 16.9 Å². The van der Waals surface area contributed by atoms with Crippen LogP contribution >= 0.6 is 12.2 Å². The quantitative estimate of drug-likeness (QED) is 0.388. The number of para-hydroxylation sites is 2. The number of fused-ring (bicyclic) bond motifs is 1. The summed E-state index contributed by atoms with van der Waals surface area (Å²) in [5.41, 5.74) is 0.199. The lowest BCUT2D eigenvalue weighted by molar-refractivity contribution is -0.114. The van der Waals surface area contributed by atoms with Crippen LogP contribution in [0.25, 0.3) is 11.8 Å². The van der Waals surface area contributed by atoms with Crippen molar-refractivity contribution in [3.05, 3.63) is 86.4 Å². The maximum atomic E-state index is 12.9. The van der Waals surface area contributed by atoms with Gasteiger partial charge in [-0.1, -0.05) is 30.3 Å². The first-order chi connectivity index (χ1) is 13.9. The van der Waals surface area contributed by atoms with E-state index < -0.39 is 23.1 Å². The van der Waals surface area contributed by atoms with E-state index in [0.717, 1.165) is 6.08 Å². The van der Waals surface area contributed by atoms with Gasteiger partial charge >= 0.3 is 0 Å². The Morgan fingerprint density at radius 2 is 1.66 bits per heavy atom. The van der Waals surface area contributed by atoms with Crippen LogP contribution in [0.5, 0.6) is 5.88 Å². The van der Waals surface area contributed by atoms with Gasteiger partial charge in [-0.3, -0.25) is 23.9 Å². The number of hydrogen-bond donors (Lipinski definition) is 2. The second-order valence-corrected chi connectivity index (χ2v) is 6.82. The standard InChI is InChI=1S/C21H15N3O4S/c1-23-16-10-6-5-9-13(16)17(25)14(19(23)27)11-15-18(26)22-21(29)24(20(15)28)12-7-3-2-4-8-12/h2-11,28H,1H3,(H,22,26,29)/b14-11+. The minimum Gasteiger partial charge on any atom is -0.494 e. The SMILES string of the molecule is CN1C(=O)/C(=C/c2c(O)n(-c3ccccc3)c(=S)[nH]c2=O)C(=O)c2ccccc21. The molecule has 0 unspecified atom stereocenters. The van der Waals surface area contributed by atoms with Crippen molar-refractivity contribution in [1.29, 1.82) is 0 Å². The number of aromatic amines is 1. The second kappa shape index (κ2) is 6.99. The molecule has 2 aromatic carbocycles. The highest BCUT2D eigenvalue weighted by molar-refractivity contribution is 7.71. The first kappa shape index (κ1) is 18.6. The Labute approximate surface area is 170 Å². The molecule has 1 aliphatic heterocycles. The first-order valence-corrected chi connectivity index (χ1v) is 9.08. The molecule has 4 rings (SSSR count). The number of aromatic hydroxyl groups is 1. The van der Waals surface area contributed by atoms with Crippen molar-refractivity contribution in [1.82, 2.24) is 9.55 Å². The van der Waals surface area contributed by atoms with Crippen molar-refractivity contribution < 1.29 is 14.7 Å². The van der Waals surface area contributed by atoms with Crippen molar-refractivity contribution in [3.8, 4) is 11.6 Å². The van der Waals surface area contributed by atoms with Crippen LogP contribution in [-0.4, -0.2) is 33.4 Å². The van der Waals surface area contributed by atoms with Gasteiger partial charge in [0.25, 0.3) is 11.5 Å². The number of H-pyrrole nitrogens is 1. The number of anilines is 1. The number of nitrogens with zero attached hydrogens (tertiary/aromatic N) is 2. The van der Waals surface area contributed by atoms with Gasteiger partial charge < -0.3 is 10.0 Å². The number of benzene rings is 2. The van der Waals surface area contributed by atoms with E-state index in [9.17, 15) is 19.5 Å². The molecule has 7 nitrogen and oxygen atoms in total. The number of carbonyl (C=O) groups excluding carboxylic acids is 2. The highest BCUT2D eigenvalue weighted by Crippen LogP contribution is 2.31. The Morgan fingerprint density at radius 3 is 2.38 bits per heavy atom. The van der Waals surface area contributed by atoms with Gasteiger partial charge in [-0.05, 0) is 42.6 Å². The Morgan fingerprint density at radius 1 is 1.00 bits per heavy atom. The minimum atomic E-state index is -0.700. The van der Waals surface area contributed by atoms with E-state index in [4.69, 9.17) is 12.2 Å². The van der Waals surface area contributed by atoms with Crippen LogP contribution in [0.1, 0.15) is 15.9 Å². The van der Waals surface area contributed by atoms with E-state index in [2.05, 4.69) is 4.98 Å². The van der Waals surface area contributed by atoms with Crippen LogP contribution in [0, 0.1) is 4.77 Å². The molecule has 0 atom stereocenters. The third kappa shape index (κ3) is 2.99. The first-order valence-electron chi connectivity index (χ1n) is 8.67. The number of Topliss-reactive ketones (excluding diaryl/α,β-unsaturated/α-hetero) is 1. The number of amides is 1.